The zero-order valence-corrected chi connectivity index (χ0v) is 10.1. The lowest BCUT2D eigenvalue weighted by atomic mass is 10.1. The Kier molecular flexibility index (Phi) is 10.6. The summed E-state index contributed by atoms with van der Waals surface area (Å²) in [5.74, 6) is -1.52. The highest BCUT2D eigenvalue weighted by atomic mass is 19.3. The van der Waals surface area contributed by atoms with Gasteiger partial charge in [0.1, 0.15) is 0 Å². The molecule has 0 aliphatic carbocycles. The summed E-state index contributed by atoms with van der Waals surface area (Å²) in [6.07, 6.45) is 7.94. The van der Waals surface area contributed by atoms with Crippen molar-refractivity contribution in [3.8, 4) is 0 Å². The molecular weight excluding hydrogens is 227 g/mol. The van der Waals surface area contributed by atoms with E-state index in [9.17, 15) is 14.1 Å². The Morgan fingerprint density at radius 3 is 1.65 bits per heavy atom. The third-order valence-corrected chi connectivity index (χ3v) is 2.61. The molecule has 0 aromatic rings. The van der Waals surface area contributed by atoms with Crippen LogP contribution in [-0.2, 0) is 14.5 Å². The van der Waals surface area contributed by atoms with Crippen LogP contribution in [0.2, 0.25) is 0 Å². The molecule has 0 aliphatic heterocycles. The van der Waals surface area contributed by atoms with Crippen molar-refractivity contribution in [1.29, 1.82) is 0 Å². The summed E-state index contributed by atoms with van der Waals surface area (Å²) in [6, 6.07) is 0. The summed E-state index contributed by atoms with van der Waals surface area (Å²) < 4.78 is 11.3. The molecule has 0 rings (SSSR count). The first-order valence-corrected chi connectivity index (χ1v) is 6.20. The minimum atomic E-state index is -0.793. The summed E-state index contributed by atoms with van der Waals surface area (Å²) in [5, 5.41) is 8.41. The first kappa shape index (κ1) is 15.9. The minimum absolute atomic E-state index is 0.148. The van der Waals surface area contributed by atoms with Gasteiger partial charge in [0.25, 0.3) is 0 Å². The van der Waals surface area contributed by atoms with Crippen molar-refractivity contribution in [2.24, 2.45) is 0 Å². The Morgan fingerprint density at radius 2 is 1.24 bits per heavy atom. The molecule has 5 heteroatoms. The molecule has 0 aromatic heterocycles. The maximum Gasteiger partial charge on any atom is 0.348 e. The van der Waals surface area contributed by atoms with Gasteiger partial charge in [-0.1, -0.05) is 38.5 Å². The standard InChI is InChI=1S/C12H21FO4/c13-17-12(16)10-8-6-4-2-1-3-5-7-9-11(14)15/h1-10H2,(H,14,15). The van der Waals surface area contributed by atoms with E-state index < -0.39 is 11.9 Å². The molecule has 100 valence electrons. The van der Waals surface area contributed by atoms with E-state index in [4.69, 9.17) is 5.11 Å². The van der Waals surface area contributed by atoms with Gasteiger partial charge in [-0.25, -0.2) is 4.79 Å². The lowest BCUT2D eigenvalue weighted by molar-refractivity contribution is -0.183. The predicted octanol–water partition coefficient (Wildman–Crippen LogP) is 3.40. The van der Waals surface area contributed by atoms with Gasteiger partial charge in [-0.15, -0.1) is 0 Å². The number of halogens is 1. The molecule has 0 radical (unpaired) electrons. The van der Waals surface area contributed by atoms with Gasteiger partial charge in [-0.05, 0) is 12.8 Å². The smallest absolute Gasteiger partial charge is 0.348 e. The Morgan fingerprint density at radius 1 is 0.824 bits per heavy atom. The van der Waals surface area contributed by atoms with Gasteiger partial charge in [0.2, 0.25) is 0 Å². The number of hydrogen-bond acceptors (Lipinski definition) is 3. The molecule has 0 spiro atoms. The van der Waals surface area contributed by atoms with E-state index >= 15 is 0 Å². The van der Waals surface area contributed by atoms with E-state index in [0.29, 0.717) is 6.42 Å². The van der Waals surface area contributed by atoms with Gasteiger partial charge >= 0.3 is 11.9 Å². The van der Waals surface area contributed by atoms with Crippen LogP contribution in [0.15, 0.2) is 0 Å². The number of carboxylic acid groups (broad SMARTS) is 1. The fourth-order valence-electron chi connectivity index (χ4n) is 1.64. The molecule has 0 bridgehead atoms. The number of carbonyl (C=O) groups excluding carboxylic acids is 1. The second-order valence-electron chi connectivity index (χ2n) is 4.17. The number of carbonyl (C=O) groups is 2. The maximum atomic E-state index is 11.3. The maximum absolute atomic E-state index is 11.3. The van der Waals surface area contributed by atoms with E-state index in [1.807, 2.05) is 0 Å². The summed E-state index contributed by atoms with van der Waals surface area (Å²) in [4.78, 5) is 23.7. The van der Waals surface area contributed by atoms with E-state index in [1.54, 1.807) is 0 Å². The molecule has 0 saturated heterocycles. The van der Waals surface area contributed by atoms with Crippen LogP contribution < -0.4 is 0 Å². The molecule has 0 unspecified atom stereocenters. The van der Waals surface area contributed by atoms with Crippen molar-refractivity contribution < 1.29 is 24.2 Å². The lowest BCUT2D eigenvalue weighted by Gasteiger charge is -2.00. The van der Waals surface area contributed by atoms with Crippen molar-refractivity contribution in [2.75, 3.05) is 0 Å². The third kappa shape index (κ3) is 12.8. The summed E-state index contributed by atoms with van der Waals surface area (Å²) >= 11 is 0. The monoisotopic (exact) mass is 248 g/mol. The molecule has 0 heterocycles. The van der Waals surface area contributed by atoms with Gasteiger partial charge in [0.05, 0.1) is 0 Å². The molecule has 0 saturated carbocycles. The van der Waals surface area contributed by atoms with Crippen LogP contribution >= 0.6 is 0 Å². The van der Waals surface area contributed by atoms with Gasteiger partial charge in [0, 0.05) is 17.4 Å². The van der Waals surface area contributed by atoms with E-state index in [1.165, 1.54) is 0 Å². The van der Waals surface area contributed by atoms with Gasteiger partial charge < -0.3 is 5.11 Å². The highest BCUT2D eigenvalue weighted by Crippen LogP contribution is 2.10. The highest BCUT2D eigenvalue weighted by molar-refractivity contribution is 5.68. The highest BCUT2D eigenvalue weighted by Gasteiger charge is 2.01. The molecule has 0 amide bonds. The van der Waals surface area contributed by atoms with Crippen LogP contribution in [0.5, 0.6) is 0 Å². The fourth-order valence-corrected chi connectivity index (χ4v) is 1.64. The number of aliphatic carboxylic acids is 1. The zero-order valence-electron chi connectivity index (χ0n) is 10.1. The molecule has 17 heavy (non-hydrogen) atoms. The van der Waals surface area contributed by atoms with Crippen LogP contribution in [0.25, 0.3) is 0 Å². The molecule has 0 atom stereocenters. The van der Waals surface area contributed by atoms with Crippen LogP contribution in [-0.4, -0.2) is 17.0 Å². The summed E-state index contributed by atoms with van der Waals surface area (Å²) in [7, 11) is 0. The average Bonchev–Trinajstić information content (AvgIpc) is 2.30. The van der Waals surface area contributed by atoms with Gasteiger partial charge in [-0.3, -0.25) is 9.74 Å². The first-order valence-electron chi connectivity index (χ1n) is 6.20. The van der Waals surface area contributed by atoms with E-state index in [0.717, 1.165) is 44.9 Å². The van der Waals surface area contributed by atoms with Crippen molar-refractivity contribution in [3.63, 3.8) is 0 Å². The number of carboxylic acids is 1. The Labute approximate surface area is 101 Å². The van der Waals surface area contributed by atoms with Crippen LogP contribution in [0.1, 0.15) is 64.2 Å². The SMILES string of the molecule is O=C(O)CCCCCCCCCCC(=O)OF. The topological polar surface area (TPSA) is 63.6 Å². The zero-order chi connectivity index (χ0) is 12.9. The first-order chi connectivity index (χ1) is 8.16. The third-order valence-electron chi connectivity index (χ3n) is 2.61. The molecule has 4 nitrogen and oxygen atoms in total. The summed E-state index contributed by atoms with van der Waals surface area (Å²) in [6.45, 7) is 0. The Bertz CT molecular complexity index is 219. The van der Waals surface area contributed by atoms with E-state index in [-0.39, 0.29) is 12.8 Å². The van der Waals surface area contributed by atoms with Crippen LogP contribution in [0.4, 0.5) is 4.53 Å². The minimum Gasteiger partial charge on any atom is -0.481 e. The van der Waals surface area contributed by atoms with Crippen molar-refractivity contribution in [3.05, 3.63) is 0 Å². The molecule has 0 fully saturated rings. The van der Waals surface area contributed by atoms with Crippen molar-refractivity contribution in [1.82, 2.24) is 0 Å². The normalized spacial score (nSPS) is 10.2. The fraction of sp³-hybridized carbons (Fsp3) is 0.833. The Balaban J connectivity index is 3.03. The molecular formula is C12H21FO4. The second-order valence-corrected chi connectivity index (χ2v) is 4.17. The second kappa shape index (κ2) is 11.4. The molecule has 1 N–H and O–H groups in total. The number of unbranched alkanes of at least 4 members (excludes halogenated alkanes) is 7. The summed E-state index contributed by atoms with van der Waals surface area (Å²) in [5.41, 5.74) is 0. The van der Waals surface area contributed by atoms with Gasteiger partial charge in [0.15, 0.2) is 0 Å². The lowest BCUT2D eigenvalue weighted by Crippen LogP contribution is -1.96. The molecule has 0 aromatic carbocycles. The van der Waals surface area contributed by atoms with E-state index in [2.05, 4.69) is 4.94 Å². The Hall–Kier alpha value is -1.13. The largest absolute Gasteiger partial charge is 0.481 e. The van der Waals surface area contributed by atoms with Crippen LogP contribution in [0, 0.1) is 0 Å². The van der Waals surface area contributed by atoms with Crippen LogP contribution in [0.3, 0.4) is 0 Å². The van der Waals surface area contributed by atoms with Crippen molar-refractivity contribution in [2.45, 2.75) is 64.2 Å². The average molecular weight is 248 g/mol. The van der Waals surface area contributed by atoms with Gasteiger partial charge in [-0.2, -0.15) is 0 Å². The predicted molar refractivity (Wildman–Crippen MR) is 61.0 cm³/mol. The molecule has 0 aliphatic rings. The van der Waals surface area contributed by atoms with Crippen molar-refractivity contribution >= 4 is 11.9 Å². The quantitative estimate of drug-likeness (QED) is 0.569. The number of hydrogen-bond donors (Lipinski definition) is 1. The number of rotatable bonds is 11.